The topological polar surface area (TPSA) is 71.7 Å². The Morgan fingerprint density at radius 3 is 2.93 bits per heavy atom. The molecule has 1 aliphatic rings. The molecule has 1 saturated heterocycles. The summed E-state index contributed by atoms with van der Waals surface area (Å²) < 4.78 is 11.4. The summed E-state index contributed by atoms with van der Waals surface area (Å²) in [7, 11) is 3.88. The zero-order valence-corrected chi connectivity index (χ0v) is 16.5. The number of amides is 1. The summed E-state index contributed by atoms with van der Waals surface area (Å²) in [6.07, 6.45) is 2.81. The van der Waals surface area contributed by atoms with E-state index in [1.165, 1.54) is 0 Å². The van der Waals surface area contributed by atoms with Crippen molar-refractivity contribution in [3.8, 4) is 0 Å². The number of aromatic nitrogens is 2. The van der Waals surface area contributed by atoms with Crippen LogP contribution in [0, 0.1) is 0 Å². The summed E-state index contributed by atoms with van der Waals surface area (Å²) in [6, 6.07) is 7.28. The van der Waals surface area contributed by atoms with Crippen molar-refractivity contribution in [1.29, 1.82) is 0 Å². The lowest BCUT2D eigenvalue weighted by Crippen LogP contribution is -2.40. The van der Waals surface area contributed by atoms with Crippen LogP contribution in [0.1, 0.15) is 42.6 Å². The smallest absolute Gasteiger partial charge is 0.249 e. The van der Waals surface area contributed by atoms with Gasteiger partial charge in [-0.1, -0.05) is 29.8 Å². The van der Waals surface area contributed by atoms with Gasteiger partial charge < -0.3 is 19.0 Å². The molecule has 1 aliphatic heterocycles. The summed E-state index contributed by atoms with van der Waals surface area (Å²) in [4.78, 5) is 16.5. The summed E-state index contributed by atoms with van der Waals surface area (Å²) in [5, 5.41) is 8.90. The van der Waals surface area contributed by atoms with Gasteiger partial charge in [0.25, 0.3) is 0 Å². The lowest BCUT2D eigenvalue weighted by Gasteiger charge is -2.33. The van der Waals surface area contributed by atoms with E-state index in [1.807, 2.05) is 43.3 Å². The Hall–Kier alpha value is -1.96. The molecule has 1 amide bonds. The first-order valence-corrected chi connectivity index (χ1v) is 9.50. The number of hydrogen-bond donors (Lipinski definition) is 0. The van der Waals surface area contributed by atoms with Gasteiger partial charge in [-0.3, -0.25) is 4.79 Å². The summed E-state index contributed by atoms with van der Waals surface area (Å²) in [5.74, 6) is 0.994. The molecule has 7 nitrogen and oxygen atoms in total. The SMILES string of the molecule is CN(C)Cc1nnc([C@@H]2CCCCN2C(=O)COCc2ccccc2Cl)o1. The summed E-state index contributed by atoms with van der Waals surface area (Å²) >= 11 is 6.12. The van der Waals surface area contributed by atoms with Crippen LogP contribution in [0.5, 0.6) is 0 Å². The fraction of sp³-hybridized carbons (Fsp3) is 0.526. The molecule has 1 aromatic carbocycles. The van der Waals surface area contributed by atoms with Crippen molar-refractivity contribution in [3.05, 3.63) is 46.6 Å². The Labute approximate surface area is 164 Å². The first-order valence-electron chi connectivity index (χ1n) is 9.12. The van der Waals surface area contributed by atoms with Gasteiger partial charge >= 0.3 is 0 Å². The Morgan fingerprint density at radius 2 is 2.15 bits per heavy atom. The maximum atomic E-state index is 12.7. The van der Waals surface area contributed by atoms with E-state index in [1.54, 1.807) is 4.90 Å². The Bertz CT molecular complexity index is 765. The predicted molar refractivity (Wildman–Crippen MR) is 101 cm³/mol. The minimum absolute atomic E-state index is 0.000412. The molecule has 2 heterocycles. The standard InChI is InChI=1S/C19H25ClN4O3/c1-23(2)11-17-21-22-19(27-17)16-9-5-6-10-24(16)18(25)13-26-12-14-7-3-4-8-15(14)20/h3-4,7-8,16H,5-6,9-13H2,1-2H3/t16-/m0/s1. The molecule has 146 valence electrons. The molecular formula is C19H25ClN4O3. The fourth-order valence-corrected chi connectivity index (χ4v) is 3.36. The average molecular weight is 393 g/mol. The van der Waals surface area contributed by atoms with E-state index in [-0.39, 0.29) is 18.6 Å². The first-order chi connectivity index (χ1) is 13.0. The molecule has 0 unspecified atom stereocenters. The maximum absolute atomic E-state index is 12.7. The van der Waals surface area contributed by atoms with Crippen LogP contribution >= 0.6 is 11.6 Å². The van der Waals surface area contributed by atoms with Crippen LogP contribution in [-0.2, 0) is 22.7 Å². The average Bonchev–Trinajstić information content (AvgIpc) is 3.11. The van der Waals surface area contributed by atoms with Crippen LogP contribution in [0.15, 0.2) is 28.7 Å². The minimum atomic E-state index is -0.182. The molecule has 0 N–H and O–H groups in total. The lowest BCUT2D eigenvalue weighted by molar-refractivity contribution is -0.141. The number of likely N-dealkylation sites (tertiary alicyclic amines) is 1. The van der Waals surface area contributed by atoms with Gasteiger partial charge in [0.1, 0.15) is 12.6 Å². The molecule has 0 radical (unpaired) electrons. The lowest BCUT2D eigenvalue weighted by atomic mass is 10.0. The number of carbonyl (C=O) groups excluding carboxylic acids is 1. The Balaban J connectivity index is 1.60. The van der Waals surface area contributed by atoms with E-state index in [9.17, 15) is 4.79 Å². The normalized spacial score (nSPS) is 17.5. The van der Waals surface area contributed by atoms with E-state index >= 15 is 0 Å². The van der Waals surface area contributed by atoms with Crippen molar-refractivity contribution >= 4 is 17.5 Å². The fourth-order valence-electron chi connectivity index (χ4n) is 3.17. The molecule has 2 aromatic rings. The summed E-state index contributed by atoms with van der Waals surface area (Å²) in [6.45, 7) is 1.55. The molecule has 27 heavy (non-hydrogen) atoms. The van der Waals surface area contributed by atoms with E-state index < -0.39 is 0 Å². The highest BCUT2D eigenvalue weighted by molar-refractivity contribution is 6.31. The van der Waals surface area contributed by atoms with E-state index in [0.29, 0.717) is 36.5 Å². The molecular weight excluding hydrogens is 368 g/mol. The van der Waals surface area contributed by atoms with Gasteiger partial charge in [-0.25, -0.2) is 0 Å². The molecule has 0 spiro atoms. The van der Waals surface area contributed by atoms with Crippen LogP contribution in [-0.4, -0.2) is 53.2 Å². The third-order valence-corrected chi connectivity index (χ3v) is 4.85. The van der Waals surface area contributed by atoms with Crippen molar-refractivity contribution in [1.82, 2.24) is 20.0 Å². The number of piperidine rings is 1. The highest BCUT2D eigenvalue weighted by Crippen LogP contribution is 2.30. The third kappa shape index (κ3) is 5.28. The van der Waals surface area contributed by atoms with Gasteiger partial charge in [0.05, 0.1) is 13.2 Å². The molecule has 3 rings (SSSR count). The van der Waals surface area contributed by atoms with Crippen molar-refractivity contribution in [2.75, 3.05) is 27.2 Å². The Morgan fingerprint density at radius 1 is 1.33 bits per heavy atom. The van der Waals surface area contributed by atoms with Crippen molar-refractivity contribution in [2.24, 2.45) is 0 Å². The molecule has 1 fully saturated rings. The Kier molecular flexibility index (Phi) is 6.82. The van der Waals surface area contributed by atoms with Gasteiger partial charge in [-0.15, -0.1) is 10.2 Å². The second-order valence-electron chi connectivity index (χ2n) is 6.95. The van der Waals surface area contributed by atoms with Crippen molar-refractivity contribution < 1.29 is 13.9 Å². The predicted octanol–water partition coefficient (Wildman–Crippen LogP) is 3.06. The third-order valence-electron chi connectivity index (χ3n) is 4.48. The van der Waals surface area contributed by atoms with Gasteiger partial charge in [0.15, 0.2) is 0 Å². The number of carbonyl (C=O) groups is 1. The van der Waals surface area contributed by atoms with Gasteiger partial charge in [-0.05, 0) is 45.0 Å². The molecule has 0 saturated carbocycles. The van der Waals surface area contributed by atoms with Crippen molar-refractivity contribution in [3.63, 3.8) is 0 Å². The molecule has 0 bridgehead atoms. The number of rotatable bonds is 7. The largest absolute Gasteiger partial charge is 0.422 e. The van der Waals surface area contributed by atoms with Crippen molar-refractivity contribution in [2.45, 2.75) is 38.5 Å². The second kappa shape index (κ2) is 9.30. The number of hydrogen-bond acceptors (Lipinski definition) is 6. The van der Waals surface area contributed by atoms with E-state index in [0.717, 1.165) is 24.8 Å². The number of halogens is 1. The summed E-state index contributed by atoms with van der Waals surface area (Å²) in [5.41, 5.74) is 0.868. The van der Waals surface area contributed by atoms with Gasteiger partial charge in [0, 0.05) is 11.6 Å². The van der Waals surface area contributed by atoms with Crippen LogP contribution < -0.4 is 0 Å². The van der Waals surface area contributed by atoms with Crippen LogP contribution in [0.2, 0.25) is 5.02 Å². The van der Waals surface area contributed by atoms with E-state index in [4.69, 9.17) is 20.8 Å². The molecule has 0 aliphatic carbocycles. The van der Waals surface area contributed by atoms with Crippen LogP contribution in [0.25, 0.3) is 0 Å². The first kappa shape index (κ1) is 19.8. The number of nitrogens with zero attached hydrogens (tertiary/aromatic N) is 4. The van der Waals surface area contributed by atoms with Crippen LogP contribution in [0.3, 0.4) is 0 Å². The number of ether oxygens (including phenoxy) is 1. The zero-order chi connectivity index (χ0) is 19.2. The second-order valence-corrected chi connectivity index (χ2v) is 7.36. The van der Waals surface area contributed by atoms with E-state index in [2.05, 4.69) is 10.2 Å². The molecule has 1 aromatic heterocycles. The quantitative estimate of drug-likeness (QED) is 0.721. The molecule has 8 heteroatoms. The minimum Gasteiger partial charge on any atom is -0.422 e. The van der Waals surface area contributed by atoms with Crippen LogP contribution in [0.4, 0.5) is 0 Å². The monoisotopic (exact) mass is 392 g/mol. The highest BCUT2D eigenvalue weighted by atomic mass is 35.5. The van der Waals surface area contributed by atoms with Gasteiger partial charge in [0.2, 0.25) is 17.7 Å². The highest BCUT2D eigenvalue weighted by Gasteiger charge is 2.32. The molecule has 1 atom stereocenters. The zero-order valence-electron chi connectivity index (χ0n) is 15.7. The number of benzene rings is 1. The maximum Gasteiger partial charge on any atom is 0.249 e. The van der Waals surface area contributed by atoms with Gasteiger partial charge in [-0.2, -0.15) is 0 Å².